The predicted molar refractivity (Wildman–Crippen MR) is 124 cm³/mol. The summed E-state index contributed by atoms with van der Waals surface area (Å²) in [5.41, 5.74) is 2.56. The van der Waals surface area contributed by atoms with E-state index in [2.05, 4.69) is 51.0 Å². The number of benzene rings is 1. The number of aromatic nitrogens is 1. The van der Waals surface area contributed by atoms with Crippen molar-refractivity contribution in [3.63, 3.8) is 0 Å². The molecular weight excluding hydrogens is 410 g/mol. The molecule has 4 rings (SSSR count). The van der Waals surface area contributed by atoms with E-state index < -0.39 is 10.0 Å². The van der Waals surface area contributed by atoms with Crippen LogP contribution in [0.3, 0.4) is 0 Å². The number of rotatable bonds is 7. The van der Waals surface area contributed by atoms with Crippen molar-refractivity contribution in [2.45, 2.75) is 63.1 Å². The Bertz CT molecular complexity index is 959. The van der Waals surface area contributed by atoms with Crippen molar-refractivity contribution in [2.24, 2.45) is 0 Å². The molecule has 1 saturated heterocycles. The van der Waals surface area contributed by atoms with Gasteiger partial charge in [0.1, 0.15) is 5.82 Å². The van der Waals surface area contributed by atoms with Gasteiger partial charge >= 0.3 is 0 Å². The highest BCUT2D eigenvalue weighted by Gasteiger charge is 2.37. The Morgan fingerprint density at radius 2 is 1.84 bits per heavy atom. The summed E-state index contributed by atoms with van der Waals surface area (Å²) < 4.78 is 33.0. The van der Waals surface area contributed by atoms with E-state index in [1.165, 1.54) is 11.8 Å². The first kappa shape index (κ1) is 22.2. The van der Waals surface area contributed by atoms with Crippen LogP contribution >= 0.6 is 0 Å². The van der Waals surface area contributed by atoms with E-state index in [0.29, 0.717) is 12.5 Å². The van der Waals surface area contributed by atoms with Gasteiger partial charge in [0.15, 0.2) is 0 Å². The minimum atomic E-state index is -3.29. The normalized spacial score (nSPS) is 26.8. The second-order valence-electron chi connectivity index (χ2n) is 8.95. The lowest BCUT2D eigenvalue weighted by atomic mass is 9.83. The van der Waals surface area contributed by atoms with Gasteiger partial charge in [-0.3, -0.25) is 0 Å². The fourth-order valence-corrected chi connectivity index (χ4v) is 5.78. The smallest absolute Gasteiger partial charge is 0.209 e. The highest BCUT2D eigenvalue weighted by atomic mass is 32.2. The van der Waals surface area contributed by atoms with Gasteiger partial charge in [0.25, 0.3) is 0 Å². The van der Waals surface area contributed by atoms with Gasteiger partial charge in [0.2, 0.25) is 10.0 Å². The van der Waals surface area contributed by atoms with E-state index >= 15 is 0 Å². The topological polar surface area (TPSA) is 71.5 Å². The van der Waals surface area contributed by atoms with Crippen molar-refractivity contribution in [3.8, 4) is 0 Å². The summed E-state index contributed by atoms with van der Waals surface area (Å²) in [6.07, 6.45) is 8.36. The van der Waals surface area contributed by atoms with E-state index in [0.717, 1.165) is 50.0 Å². The minimum Gasteiger partial charge on any atom is -0.376 e. The van der Waals surface area contributed by atoms with E-state index in [1.807, 2.05) is 19.2 Å². The average molecular weight is 444 g/mol. The van der Waals surface area contributed by atoms with Gasteiger partial charge in [-0.15, -0.1) is 0 Å². The second-order valence-corrected chi connectivity index (χ2v) is 10.7. The Hall–Kier alpha value is -1.96. The van der Waals surface area contributed by atoms with Gasteiger partial charge in [-0.25, -0.2) is 18.1 Å². The largest absolute Gasteiger partial charge is 0.376 e. The summed E-state index contributed by atoms with van der Waals surface area (Å²) in [5.74, 6) is 1.50. The van der Waals surface area contributed by atoms with Crippen LogP contribution in [0.15, 0.2) is 48.7 Å². The molecule has 0 bridgehead atoms. The van der Waals surface area contributed by atoms with Crippen molar-refractivity contribution < 1.29 is 13.2 Å². The molecule has 1 N–H and O–H groups in total. The maximum atomic E-state index is 11.9. The molecule has 2 atom stereocenters. The lowest BCUT2D eigenvalue weighted by Crippen LogP contribution is -2.48. The van der Waals surface area contributed by atoms with Gasteiger partial charge in [0, 0.05) is 18.8 Å². The number of anilines is 1. The van der Waals surface area contributed by atoms with Crippen LogP contribution < -0.4 is 9.62 Å². The first-order valence-electron chi connectivity index (χ1n) is 11.2. The van der Waals surface area contributed by atoms with Gasteiger partial charge in [0.05, 0.1) is 25.0 Å². The van der Waals surface area contributed by atoms with Crippen molar-refractivity contribution in [2.75, 3.05) is 24.3 Å². The molecule has 1 aliphatic carbocycles. The molecule has 1 aromatic carbocycles. The maximum absolute atomic E-state index is 11.9. The molecule has 168 valence electrons. The molecule has 6 nitrogen and oxygen atoms in total. The molecule has 0 spiro atoms. The Balaban J connectivity index is 1.39. The molecule has 1 aliphatic heterocycles. The molecule has 2 aliphatic rings. The molecule has 2 heterocycles. The predicted octanol–water partition coefficient (Wildman–Crippen LogP) is 3.63. The Kier molecular flexibility index (Phi) is 6.94. The molecule has 2 aromatic rings. The third-order valence-electron chi connectivity index (χ3n) is 6.55. The molecule has 0 unspecified atom stereocenters. The van der Waals surface area contributed by atoms with Crippen molar-refractivity contribution in [1.82, 2.24) is 9.71 Å². The van der Waals surface area contributed by atoms with Gasteiger partial charge < -0.3 is 9.64 Å². The minimum absolute atomic E-state index is 0.0594. The maximum Gasteiger partial charge on any atom is 0.209 e. The van der Waals surface area contributed by atoms with Crippen LogP contribution in [0.1, 0.15) is 49.1 Å². The number of pyridine rings is 1. The zero-order valence-corrected chi connectivity index (χ0v) is 19.2. The Morgan fingerprint density at radius 1 is 1.10 bits per heavy atom. The highest BCUT2D eigenvalue weighted by molar-refractivity contribution is 7.88. The summed E-state index contributed by atoms with van der Waals surface area (Å²) in [7, 11) is -3.29. The fourth-order valence-electron chi connectivity index (χ4n) is 4.96. The Labute approximate surface area is 186 Å². The van der Waals surface area contributed by atoms with Gasteiger partial charge in [-0.2, -0.15) is 0 Å². The molecule has 0 amide bonds. The number of sulfonamides is 1. The number of aryl methyl sites for hydroxylation is 1. The van der Waals surface area contributed by atoms with Crippen LogP contribution in [0, 0.1) is 6.92 Å². The van der Waals surface area contributed by atoms with E-state index in [-0.39, 0.29) is 18.2 Å². The van der Waals surface area contributed by atoms with Crippen LogP contribution in [0.25, 0.3) is 0 Å². The van der Waals surface area contributed by atoms with Crippen LogP contribution in [-0.4, -0.2) is 51.0 Å². The third-order valence-corrected chi connectivity index (χ3v) is 7.29. The average Bonchev–Trinajstić information content (AvgIpc) is 3.14. The standard InChI is InChI=1S/C24H33N3O3S/c1-18-12-14-25-24(16-18)27-15-13-22(26-31(2,28)29)23(27)17-30-21-10-8-20(9-11-21)19-6-4-3-5-7-19/h3-7,12,14,16,20-23,26H,8-11,13,15,17H2,1-2H3/t20?,21?,22-,23-/m0/s1. The van der Waals surface area contributed by atoms with Crippen molar-refractivity contribution in [3.05, 3.63) is 59.8 Å². The molecule has 1 aromatic heterocycles. The molecule has 2 fully saturated rings. The van der Waals surface area contributed by atoms with E-state index in [4.69, 9.17) is 4.74 Å². The van der Waals surface area contributed by atoms with Gasteiger partial charge in [-0.05, 0) is 68.2 Å². The molecule has 0 radical (unpaired) electrons. The van der Waals surface area contributed by atoms with Crippen LogP contribution in [0.5, 0.6) is 0 Å². The third kappa shape index (κ3) is 5.84. The summed E-state index contributed by atoms with van der Waals surface area (Å²) in [6.45, 7) is 3.31. The first-order valence-corrected chi connectivity index (χ1v) is 13.1. The van der Waals surface area contributed by atoms with Crippen LogP contribution in [0.2, 0.25) is 0 Å². The summed E-state index contributed by atoms with van der Waals surface area (Å²) >= 11 is 0. The molecular formula is C24H33N3O3S. The fraction of sp³-hybridized carbons (Fsp3) is 0.542. The first-order chi connectivity index (χ1) is 14.9. The SMILES string of the molecule is Cc1ccnc(N2CC[C@H](NS(C)(=O)=O)[C@@H]2COC2CCC(c3ccccc3)CC2)c1. The molecule has 1 saturated carbocycles. The Morgan fingerprint density at radius 3 is 2.52 bits per heavy atom. The number of nitrogens with one attached hydrogen (secondary N) is 1. The zero-order chi connectivity index (χ0) is 21.8. The lowest BCUT2D eigenvalue weighted by molar-refractivity contribution is 0.0156. The summed E-state index contributed by atoms with van der Waals surface area (Å²) in [6, 6.07) is 14.5. The molecule has 31 heavy (non-hydrogen) atoms. The van der Waals surface area contributed by atoms with E-state index in [9.17, 15) is 8.42 Å². The quantitative estimate of drug-likeness (QED) is 0.708. The molecule has 7 heteroatoms. The number of hydrogen-bond acceptors (Lipinski definition) is 5. The summed E-state index contributed by atoms with van der Waals surface area (Å²) in [5, 5.41) is 0. The second kappa shape index (κ2) is 9.67. The van der Waals surface area contributed by atoms with Crippen molar-refractivity contribution in [1.29, 1.82) is 0 Å². The van der Waals surface area contributed by atoms with Crippen molar-refractivity contribution >= 4 is 15.8 Å². The number of nitrogens with zero attached hydrogens (tertiary/aromatic N) is 2. The lowest BCUT2D eigenvalue weighted by Gasteiger charge is -2.33. The van der Waals surface area contributed by atoms with Gasteiger partial charge in [-0.1, -0.05) is 30.3 Å². The van der Waals surface area contributed by atoms with Crippen LogP contribution in [0.4, 0.5) is 5.82 Å². The number of ether oxygens (including phenoxy) is 1. The summed E-state index contributed by atoms with van der Waals surface area (Å²) in [4.78, 5) is 6.73. The monoisotopic (exact) mass is 443 g/mol. The highest BCUT2D eigenvalue weighted by Crippen LogP contribution is 2.34. The van der Waals surface area contributed by atoms with Crippen LogP contribution in [-0.2, 0) is 14.8 Å². The zero-order valence-electron chi connectivity index (χ0n) is 18.4. The number of hydrogen-bond donors (Lipinski definition) is 1. The van der Waals surface area contributed by atoms with E-state index in [1.54, 1.807) is 0 Å².